The summed E-state index contributed by atoms with van der Waals surface area (Å²) in [4.78, 5) is 12.4. The smallest absolute Gasteiger partial charge is 0.310 e. The van der Waals surface area contributed by atoms with Crippen molar-refractivity contribution in [3.63, 3.8) is 0 Å². The van der Waals surface area contributed by atoms with Crippen LogP contribution in [0.4, 0.5) is 0 Å². The van der Waals surface area contributed by atoms with E-state index in [9.17, 15) is 9.90 Å². The minimum Gasteiger partial charge on any atom is -0.489 e. The molecule has 7 nitrogen and oxygen atoms in total. The third-order valence-corrected chi connectivity index (χ3v) is 5.87. The molecular formula is C29H31NO6. The van der Waals surface area contributed by atoms with Crippen molar-refractivity contribution >= 4 is 16.9 Å². The van der Waals surface area contributed by atoms with Gasteiger partial charge in [0, 0.05) is 23.6 Å². The monoisotopic (exact) mass is 489 g/mol. The van der Waals surface area contributed by atoms with Gasteiger partial charge in [-0.05, 0) is 53.9 Å². The molecule has 4 rings (SSSR count). The van der Waals surface area contributed by atoms with Gasteiger partial charge in [0.15, 0.2) is 0 Å². The highest BCUT2D eigenvalue weighted by Gasteiger charge is 2.15. The lowest BCUT2D eigenvalue weighted by Gasteiger charge is -2.15. The molecule has 3 N–H and O–H groups in total. The van der Waals surface area contributed by atoms with Gasteiger partial charge in [-0.3, -0.25) is 4.79 Å². The van der Waals surface area contributed by atoms with Gasteiger partial charge in [0.05, 0.1) is 31.9 Å². The number of hydrogen-bond donors (Lipinski definition) is 2. The SMILES string of the molecule is COCC(C)OC(=O)Cc1ccccc1OCc1cc(-c2cccc([C@H](N)CO)c2)c2occc2c1. The summed E-state index contributed by atoms with van der Waals surface area (Å²) in [6, 6.07) is 20.7. The zero-order valence-corrected chi connectivity index (χ0v) is 20.5. The van der Waals surface area contributed by atoms with Gasteiger partial charge in [0.2, 0.25) is 0 Å². The average Bonchev–Trinajstić information content (AvgIpc) is 3.36. The number of carbonyl (C=O) groups excluding carboxylic acids is 1. The Bertz CT molecular complexity index is 1310. The first-order valence-corrected chi connectivity index (χ1v) is 11.8. The zero-order chi connectivity index (χ0) is 25.5. The number of aliphatic hydroxyl groups excluding tert-OH is 1. The number of furan rings is 1. The molecule has 7 heteroatoms. The van der Waals surface area contributed by atoms with Crippen LogP contribution in [0.25, 0.3) is 22.1 Å². The number of nitrogens with two attached hydrogens (primary N) is 1. The summed E-state index contributed by atoms with van der Waals surface area (Å²) in [7, 11) is 1.57. The predicted octanol–water partition coefficient (Wildman–Crippen LogP) is 4.79. The van der Waals surface area contributed by atoms with E-state index in [4.69, 9.17) is 24.4 Å². The van der Waals surface area contributed by atoms with E-state index >= 15 is 0 Å². The Labute approximate surface area is 210 Å². The fraction of sp³-hybridized carbons (Fsp3) is 0.276. The van der Waals surface area contributed by atoms with E-state index < -0.39 is 6.04 Å². The molecule has 0 saturated carbocycles. The molecule has 0 amide bonds. The molecule has 1 unspecified atom stereocenters. The van der Waals surface area contributed by atoms with Crippen LogP contribution < -0.4 is 10.5 Å². The second kappa shape index (κ2) is 11.9. The predicted molar refractivity (Wildman–Crippen MR) is 138 cm³/mol. The molecule has 2 atom stereocenters. The first-order valence-electron chi connectivity index (χ1n) is 11.8. The van der Waals surface area contributed by atoms with Crippen LogP contribution in [0.1, 0.15) is 29.7 Å². The van der Waals surface area contributed by atoms with Crippen LogP contribution in [0.15, 0.2) is 77.4 Å². The third-order valence-electron chi connectivity index (χ3n) is 5.87. The Morgan fingerprint density at radius 3 is 2.72 bits per heavy atom. The first kappa shape index (κ1) is 25.4. The van der Waals surface area contributed by atoms with E-state index in [1.807, 2.05) is 66.7 Å². The minimum atomic E-state index is -0.454. The molecule has 0 saturated heterocycles. The number of ether oxygens (including phenoxy) is 3. The quantitative estimate of drug-likeness (QED) is 0.292. The zero-order valence-electron chi connectivity index (χ0n) is 20.5. The largest absolute Gasteiger partial charge is 0.489 e. The lowest BCUT2D eigenvalue weighted by atomic mass is 9.97. The van der Waals surface area contributed by atoms with E-state index in [1.54, 1.807) is 20.3 Å². The van der Waals surface area contributed by atoms with Crippen molar-refractivity contribution in [2.24, 2.45) is 5.73 Å². The Kier molecular flexibility index (Phi) is 8.38. The molecule has 0 aliphatic rings. The highest BCUT2D eigenvalue weighted by atomic mass is 16.6. The fourth-order valence-electron chi connectivity index (χ4n) is 4.13. The van der Waals surface area contributed by atoms with Crippen LogP contribution in [0.3, 0.4) is 0 Å². The maximum Gasteiger partial charge on any atom is 0.310 e. The second-order valence-corrected chi connectivity index (χ2v) is 8.73. The summed E-state index contributed by atoms with van der Waals surface area (Å²) in [5.41, 5.74) is 11.2. The van der Waals surface area contributed by atoms with E-state index in [0.717, 1.165) is 38.8 Å². The normalized spacial score (nSPS) is 12.9. The number of carbonyl (C=O) groups is 1. The van der Waals surface area contributed by atoms with Crippen molar-refractivity contribution in [3.8, 4) is 16.9 Å². The fourth-order valence-corrected chi connectivity index (χ4v) is 4.13. The summed E-state index contributed by atoms with van der Waals surface area (Å²) < 4.78 is 22.4. The summed E-state index contributed by atoms with van der Waals surface area (Å²) in [6.07, 6.45) is 1.45. The number of methoxy groups -OCH3 is 1. The van der Waals surface area contributed by atoms with Gasteiger partial charge in [0.25, 0.3) is 0 Å². The third kappa shape index (κ3) is 6.12. The first-order chi connectivity index (χ1) is 17.5. The molecule has 188 valence electrons. The van der Waals surface area contributed by atoms with Crippen LogP contribution >= 0.6 is 0 Å². The molecule has 0 bridgehead atoms. The van der Waals surface area contributed by atoms with Crippen molar-refractivity contribution < 1.29 is 28.5 Å². The summed E-state index contributed by atoms with van der Waals surface area (Å²) in [5, 5.41) is 10.4. The van der Waals surface area contributed by atoms with Gasteiger partial charge >= 0.3 is 5.97 Å². The second-order valence-electron chi connectivity index (χ2n) is 8.73. The Morgan fingerprint density at radius 1 is 1.08 bits per heavy atom. The molecular weight excluding hydrogens is 458 g/mol. The molecule has 4 aromatic rings. The molecule has 0 radical (unpaired) electrons. The molecule has 1 aromatic heterocycles. The maximum atomic E-state index is 12.4. The number of para-hydroxylation sites is 1. The highest BCUT2D eigenvalue weighted by molar-refractivity contribution is 5.93. The number of esters is 1. The maximum absolute atomic E-state index is 12.4. The van der Waals surface area contributed by atoms with Crippen LogP contribution in [0, 0.1) is 0 Å². The Morgan fingerprint density at radius 2 is 1.92 bits per heavy atom. The Balaban J connectivity index is 1.55. The number of hydrogen-bond acceptors (Lipinski definition) is 7. The lowest BCUT2D eigenvalue weighted by Crippen LogP contribution is -2.21. The number of rotatable bonds is 11. The van der Waals surface area contributed by atoms with Gasteiger partial charge in [-0.1, -0.05) is 36.4 Å². The van der Waals surface area contributed by atoms with Gasteiger partial charge in [-0.25, -0.2) is 0 Å². The molecule has 3 aromatic carbocycles. The van der Waals surface area contributed by atoms with Crippen LogP contribution in [0.2, 0.25) is 0 Å². The summed E-state index contributed by atoms with van der Waals surface area (Å²) in [5.74, 6) is 0.289. The highest BCUT2D eigenvalue weighted by Crippen LogP contribution is 2.33. The average molecular weight is 490 g/mol. The summed E-state index contributed by atoms with van der Waals surface area (Å²) in [6.45, 7) is 2.31. The van der Waals surface area contributed by atoms with Crippen molar-refractivity contribution in [2.45, 2.75) is 32.1 Å². The van der Waals surface area contributed by atoms with E-state index in [2.05, 4.69) is 0 Å². The van der Waals surface area contributed by atoms with Gasteiger partial charge < -0.3 is 29.5 Å². The molecule has 0 aliphatic heterocycles. The molecule has 36 heavy (non-hydrogen) atoms. The van der Waals surface area contributed by atoms with Crippen molar-refractivity contribution in [1.29, 1.82) is 0 Å². The standard InChI is InChI=1S/C29H31NO6/c1-19(17-33-2)36-28(32)15-23-6-3-4-9-27(23)35-18-20-12-24-10-11-34-29(24)25(13-20)21-7-5-8-22(14-21)26(30)16-31/h3-14,19,26,31H,15-18,30H2,1-2H3/t19?,26-/m1/s1. The number of aliphatic hydroxyl groups is 1. The van der Waals surface area contributed by atoms with Gasteiger partial charge in [-0.15, -0.1) is 0 Å². The topological polar surface area (TPSA) is 104 Å². The molecule has 0 spiro atoms. The van der Waals surface area contributed by atoms with E-state index in [-0.39, 0.29) is 25.1 Å². The van der Waals surface area contributed by atoms with Gasteiger partial charge in [-0.2, -0.15) is 0 Å². The van der Waals surface area contributed by atoms with Crippen LogP contribution in [-0.2, 0) is 27.3 Å². The number of benzene rings is 3. The van der Waals surface area contributed by atoms with Crippen molar-refractivity contribution in [2.75, 3.05) is 20.3 Å². The van der Waals surface area contributed by atoms with E-state index in [1.165, 1.54) is 0 Å². The molecule has 1 heterocycles. The van der Waals surface area contributed by atoms with Crippen LogP contribution in [0.5, 0.6) is 5.75 Å². The lowest BCUT2D eigenvalue weighted by molar-refractivity contribution is -0.149. The van der Waals surface area contributed by atoms with Crippen LogP contribution in [-0.4, -0.2) is 37.5 Å². The van der Waals surface area contributed by atoms with Crippen molar-refractivity contribution in [3.05, 3.63) is 89.7 Å². The van der Waals surface area contributed by atoms with Crippen molar-refractivity contribution in [1.82, 2.24) is 0 Å². The number of fused-ring (bicyclic) bond motifs is 1. The molecule has 0 aliphatic carbocycles. The minimum absolute atomic E-state index is 0.105. The van der Waals surface area contributed by atoms with Gasteiger partial charge in [0.1, 0.15) is 24.0 Å². The molecule has 0 fully saturated rings. The Hall–Kier alpha value is -3.65. The summed E-state index contributed by atoms with van der Waals surface area (Å²) >= 11 is 0. The van der Waals surface area contributed by atoms with E-state index in [0.29, 0.717) is 19.0 Å².